The number of nitrogens with zero attached hydrogens (tertiary/aromatic N) is 2. The highest BCUT2D eigenvalue weighted by Gasteiger charge is 2.14. The fraction of sp³-hybridized carbons (Fsp3) is 0.176. The van der Waals surface area contributed by atoms with Gasteiger partial charge in [0.15, 0.2) is 0 Å². The molecule has 0 atom stereocenters. The lowest BCUT2D eigenvalue weighted by Gasteiger charge is -2.08. The monoisotopic (exact) mass is 345 g/mol. The summed E-state index contributed by atoms with van der Waals surface area (Å²) in [5.41, 5.74) is 2.60. The van der Waals surface area contributed by atoms with Crippen molar-refractivity contribution in [3.63, 3.8) is 0 Å². The van der Waals surface area contributed by atoms with Gasteiger partial charge in [-0.15, -0.1) is 0 Å². The third-order valence-electron chi connectivity index (χ3n) is 3.33. The Bertz CT molecular complexity index is 842. The molecule has 0 aliphatic heterocycles. The Hall–Kier alpha value is -2.67. The van der Waals surface area contributed by atoms with E-state index in [1.54, 1.807) is 19.1 Å². The molecule has 24 heavy (non-hydrogen) atoms. The maximum atomic E-state index is 12.3. The van der Waals surface area contributed by atoms with E-state index in [0.717, 1.165) is 11.1 Å². The molecular weight excluding hydrogens is 326 g/mol. The molecule has 0 radical (unpaired) electrons. The quantitative estimate of drug-likeness (QED) is 0.479. The summed E-state index contributed by atoms with van der Waals surface area (Å²) in [5.74, 6) is 0. The van der Waals surface area contributed by atoms with Gasteiger partial charge in [0.2, 0.25) is 0 Å². The molecule has 0 saturated heterocycles. The Morgan fingerprint density at radius 1 is 1.08 bits per heavy atom. The van der Waals surface area contributed by atoms with Gasteiger partial charge in [0.25, 0.3) is 10.0 Å². The number of nitrogens with one attached hydrogen (secondary N) is 1. The van der Waals surface area contributed by atoms with Crippen LogP contribution in [0.5, 0.6) is 0 Å². The SMILES string of the molecule is C/C(C/C(=N\NS(=O)(=O)c1ccc(C)cc1)c1ccccc1)=N\O. The fourth-order valence-electron chi connectivity index (χ4n) is 2.00. The van der Waals surface area contributed by atoms with E-state index >= 15 is 0 Å². The van der Waals surface area contributed by atoms with Crippen LogP contribution in [0.2, 0.25) is 0 Å². The number of hydrazone groups is 1. The summed E-state index contributed by atoms with van der Waals surface area (Å²) < 4.78 is 24.7. The van der Waals surface area contributed by atoms with Crippen molar-refractivity contribution in [2.75, 3.05) is 0 Å². The highest BCUT2D eigenvalue weighted by atomic mass is 32.2. The molecule has 0 aromatic heterocycles. The number of aryl methyl sites for hydroxylation is 1. The molecule has 0 amide bonds. The third-order valence-corrected chi connectivity index (χ3v) is 4.56. The minimum Gasteiger partial charge on any atom is -0.411 e. The van der Waals surface area contributed by atoms with E-state index in [0.29, 0.717) is 11.4 Å². The average molecular weight is 345 g/mol. The van der Waals surface area contributed by atoms with E-state index < -0.39 is 10.0 Å². The molecule has 0 heterocycles. The van der Waals surface area contributed by atoms with Gasteiger partial charge >= 0.3 is 0 Å². The Balaban J connectivity index is 2.31. The van der Waals surface area contributed by atoms with Crippen molar-refractivity contribution in [1.29, 1.82) is 0 Å². The first-order valence-electron chi connectivity index (χ1n) is 7.30. The molecule has 126 valence electrons. The second-order valence-electron chi connectivity index (χ2n) is 5.34. The van der Waals surface area contributed by atoms with E-state index in [9.17, 15) is 8.42 Å². The van der Waals surface area contributed by atoms with E-state index in [1.165, 1.54) is 12.1 Å². The zero-order valence-corrected chi connectivity index (χ0v) is 14.3. The second-order valence-corrected chi connectivity index (χ2v) is 7.01. The van der Waals surface area contributed by atoms with E-state index in [-0.39, 0.29) is 11.3 Å². The van der Waals surface area contributed by atoms with Crippen LogP contribution in [-0.2, 0) is 10.0 Å². The van der Waals surface area contributed by atoms with Gasteiger partial charge < -0.3 is 5.21 Å². The number of benzene rings is 2. The summed E-state index contributed by atoms with van der Waals surface area (Å²) in [4.78, 5) is 2.38. The zero-order valence-electron chi connectivity index (χ0n) is 13.5. The fourth-order valence-corrected chi connectivity index (χ4v) is 2.83. The summed E-state index contributed by atoms with van der Waals surface area (Å²) in [6.07, 6.45) is 0.219. The van der Waals surface area contributed by atoms with Gasteiger partial charge in [-0.25, -0.2) is 0 Å². The summed E-state index contributed by atoms with van der Waals surface area (Å²) in [6, 6.07) is 15.6. The van der Waals surface area contributed by atoms with E-state index in [1.807, 2.05) is 37.3 Å². The van der Waals surface area contributed by atoms with Gasteiger partial charge in [0, 0.05) is 6.42 Å². The molecule has 2 N–H and O–H groups in total. The molecule has 0 unspecified atom stereocenters. The Morgan fingerprint density at radius 2 is 1.71 bits per heavy atom. The predicted molar refractivity (Wildman–Crippen MR) is 94.0 cm³/mol. The first-order chi connectivity index (χ1) is 11.4. The molecular formula is C17H19N3O3S. The minimum absolute atomic E-state index is 0.136. The number of oxime groups is 1. The lowest BCUT2D eigenvalue weighted by molar-refractivity contribution is 0.318. The Kier molecular flexibility index (Phi) is 5.70. The van der Waals surface area contributed by atoms with E-state index in [2.05, 4.69) is 15.1 Å². The van der Waals surface area contributed by atoms with Crippen molar-refractivity contribution < 1.29 is 13.6 Å². The van der Waals surface area contributed by atoms with Crippen molar-refractivity contribution in [3.8, 4) is 0 Å². The number of sulfonamides is 1. The van der Waals surface area contributed by atoms with Crippen molar-refractivity contribution in [1.82, 2.24) is 4.83 Å². The third kappa shape index (κ3) is 4.66. The van der Waals surface area contributed by atoms with Crippen molar-refractivity contribution in [2.24, 2.45) is 10.3 Å². The first kappa shape index (κ1) is 17.7. The average Bonchev–Trinajstić information content (AvgIpc) is 2.59. The van der Waals surface area contributed by atoms with Crippen LogP contribution >= 0.6 is 0 Å². The lowest BCUT2D eigenvalue weighted by Crippen LogP contribution is -2.21. The largest absolute Gasteiger partial charge is 0.411 e. The number of hydrogen-bond donors (Lipinski definition) is 2. The van der Waals surface area contributed by atoms with Gasteiger partial charge in [-0.2, -0.15) is 18.4 Å². The van der Waals surface area contributed by atoms with Crippen LogP contribution in [0.25, 0.3) is 0 Å². The number of hydrogen-bond acceptors (Lipinski definition) is 5. The van der Waals surface area contributed by atoms with Crippen molar-refractivity contribution >= 4 is 21.4 Å². The van der Waals surface area contributed by atoms with Crippen LogP contribution in [0, 0.1) is 6.92 Å². The summed E-state index contributed by atoms with van der Waals surface area (Å²) in [7, 11) is -3.76. The van der Waals surface area contributed by atoms with Gasteiger partial charge in [-0.3, -0.25) is 0 Å². The summed E-state index contributed by atoms with van der Waals surface area (Å²) in [6.45, 7) is 3.51. The summed E-state index contributed by atoms with van der Waals surface area (Å²) >= 11 is 0. The van der Waals surface area contributed by atoms with Gasteiger partial charge in [-0.05, 0) is 31.5 Å². The van der Waals surface area contributed by atoms with E-state index in [4.69, 9.17) is 5.21 Å². The molecule has 0 spiro atoms. The van der Waals surface area contributed by atoms with Crippen LogP contribution in [0.1, 0.15) is 24.5 Å². The van der Waals surface area contributed by atoms with Crippen molar-refractivity contribution in [3.05, 3.63) is 65.7 Å². The van der Waals surface area contributed by atoms with Crippen LogP contribution in [0.4, 0.5) is 0 Å². The zero-order chi connectivity index (χ0) is 17.6. The molecule has 0 saturated carbocycles. The Labute approximate surface area is 141 Å². The molecule has 0 fully saturated rings. The minimum atomic E-state index is -3.76. The molecule has 0 aliphatic carbocycles. The van der Waals surface area contributed by atoms with Crippen LogP contribution < -0.4 is 4.83 Å². The first-order valence-corrected chi connectivity index (χ1v) is 8.78. The normalized spacial score (nSPS) is 12.9. The molecule has 2 rings (SSSR count). The second kappa shape index (κ2) is 7.74. The molecule has 0 bridgehead atoms. The van der Waals surface area contributed by atoms with Gasteiger partial charge in [-0.1, -0.05) is 53.2 Å². The maximum absolute atomic E-state index is 12.3. The molecule has 2 aromatic rings. The molecule has 0 aliphatic rings. The predicted octanol–water partition coefficient (Wildman–Crippen LogP) is 2.92. The topological polar surface area (TPSA) is 91.1 Å². The Morgan fingerprint density at radius 3 is 2.29 bits per heavy atom. The van der Waals surface area contributed by atoms with Crippen LogP contribution in [0.3, 0.4) is 0 Å². The maximum Gasteiger partial charge on any atom is 0.276 e. The lowest BCUT2D eigenvalue weighted by atomic mass is 10.1. The molecule has 6 nitrogen and oxygen atoms in total. The smallest absolute Gasteiger partial charge is 0.276 e. The van der Waals surface area contributed by atoms with Gasteiger partial charge in [0.05, 0.1) is 16.3 Å². The van der Waals surface area contributed by atoms with Crippen molar-refractivity contribution in [2.45, 2.75) is 25.2 Å². The van der Waals surface area contributed by atoms with Crippen LogP contribution in [0.15, 0.2) is 69.7 Å². The van der Waals surface area contributed by atoms with Crippen LogP contribution in [-0.4, -0.2) is 25.0 Å². The highest BCUT2D eigenvalue weighted by molar-refractivity contribution is 7.89. The highest BCUT2D eigenvalue weighted by Crippen LogP contribution is 2.11. The van der Waals surface area contributed by atoms with Gasteiger partial charge in [0.1, 0.15) is 0 Å². The standard InChI is InChI=1S/C17H19N3O3S/c1-13-8-10-16(11-9-13)24(22,23)20-18-17(12-14(2)19-21)15-6-4-3-5-7-15/h3-11,20-21H,12H2,1-2H3/b18-17+,19-14+. The molecule has 7 heteroatoms. The summed E-state index contributed by atoms with van der Waals surface area (Å²) in [5, 5.41) is 16.0. The molecule has 2 aromatic carbocycles. The number of rotatable bonds is 6.